The molecule has 0 amide bonds. The van der Waals surface area contributed by atoms with Gasteiger partial charge >= 0.3 is 11.7 Å². The molecule has 0 saturated carbocycles. The standard InChI is InChI=1S/C11H12N4O4/c1-14-7(5-9(16)15(2)11(14)18)6-19-10(17)8-3-4-12-13-8/h3-5H,6H2,1-2H3,(H,12,13). The van der Waals surface area contributed by atoms with Crippen LogP contribution in [-0.2, 0) is 25.4 Å². The molecule has 2 aromatic heterocycles. The highest BCUT2D eigenvalue weighted by Gasteiger charge is 2.11. The molecule has 0 spiro atoms. The number of hydrogen-bond donors (Lipinski definition) is 1. The zero-order valence-electron chi connectivity index (χ0n) is 10.4. The van der Waals surface area contributed by atoms with E-state index in [0.29, 0.717) is 5.69 Å². The van der Waals surface area contributed by atoms with Crippen molar-refractivity contribution in [3.05, 3.63) is 50.6 Å². The third-order valence-corrected chi connectivity index (χ3v) is 2.70. The van der Waals surface area contributed by atoms with Gasteiger partial charge < -0.3 is 4.74 Å². The van der Waals surface area contributed by atoms with Gasteiger partial charge in [-0.25, -0.2) is 9.59 Å². The summed E-state index contributed by atoms with van der Waals surface area (Å²) in [6, 6.07) is 2.72. The fourth-order valence-electron chi connectivity index (χ4n) is 1.50. The lowest BCUT2D eigenvalue weighted by atomic mass is 10.4. The highest BCUT2D eigenvalue weighted by Crippen LogP contribution is 2.00. The first-order chi connectivity index (χ1) is 9.00. The number of nitrogens with one attached hydrogen (secondary N) is 1. The van der Waals surface area contributed by atoms with Crippen LogP contribution >= 0.6 is 0 Å². The molecule has 8 nitrogen and oxygen atoms in total. The van der Waals surface area contributed by atoms with Crippen LogP contribution in [0.25, 0.3) is 0 Å². The number of carbonyl (C=O) groups is 1. The van der Waals surface area contributed by atoms with Crippen LogP contribution in [0.1, 0.15) is 16.2 Å². The summed E-state index contributed by atoms with van der Waals surface area (Å²) in [5, 5.41) is 6.08. The lowest BCUT2D eigenvalue weighted by Crippen LogP contribution is -2.38. The van der Waals surface area contributed by atoms with Gasteiger partial charge in [0.05, 0.1) is 5.69 Å². The minimum atomic E-state index is -0.606. The Labute approximate surface area is 107 Å². The number of carbonyl (C=O) groups excluding carboxylic acids is 1. The summed E-state index contributed by atoms with van der Waals surface area (Å²) in [7, 11) is 2.88. The van der Waals surface area contributed by atoms with Crippen molar-refractivity contribution >= 4 is 5.97 Å². The van der Waals surface area contributed by atoms with E-state index in [1.807, 2.05) is 0 Å². The van der Waals surface area contributed by atoms with Crippen LogP contribution in [-0.4, -0.2) is 25.3 Å². The maximum Gasteiger partial charge on any atom is 0.356 e. The monoisotopic (exact) mass is 264 g/mol. The Morgan fingerprint density at radius 3 is 2.74 bits per heavy atom. The molecule has 0 bridgehead atoms. The number of nitrogens with zero attached hydrogens (tertiary/aromatic N) is 3. The molecule has 0 radical (unpaired) electrons. The number of ether oxygens (including phenoxy) is 1. The number of rotatable bonds is 3. The van der Waals surface area contributed by atoms with E-state index in [9.17, 15) is 14.4 Å². The van der Waals surface area contributed by atoms with Crippen LogP contribution < -0.4 is 11.2 Å². The number of H-pyrrole nitrogens is 1. The second kappa shape index (κ2) is 4.92. The van der Waals surface area contributed by atoms with Gasteiger partial charge in [0.25, 0.3) is 5.56 Å². The predicted molar refractivity (Wildman–Crippen MR) is 64.6 cm³/mol. The normalized spacial score (nSPS) is 10.4. The van der Waals surface area contributed by atoms with Crippen molar-refractivity contribution in [3.8, 4) is 0 Å². The fourth-order valence-corrected chi connectivity index (χ4v) is 1.50. The highest BCUT2D eigenvalue weighted by atomic mass is 16.5. The summed E-state index contributed by atoms with van der Waals surface area (Å²) < 4.78 is 7.21. The van der Waals surface area contributed by atoms with Gasteiger partial charge in [-0.1, -0.05) is 0 Å². The molecule has 19 heavy (non-hydrogen) atoms. The molecule has 0 atom stereocenters. The molecule has 2 heterocycles. The molecule has 0 aliphatic carbocycles. The third kappa shape index (κ3) is 2.46. The molecule has 0 aromatic carbocycles. The predicted octanol–water partition coefficient (Wildman–Crippen LogP) is -0.836. The van der Waals surface area contributed by atoms with Gasteiger partial charge in [0.2, 0.25) is 0 Å². The van der Waals surface area contributed by atoms with Crippen molar-refractivity contribution in [1.29, 1.82) is 0 Å². The SMILES string of the molecule is Cn1c(COC(=O)c2ccn[nH]2)cc(=O)n(C)c1=O. The highest BCUT2D eigenvalue weighted by molar-refractivity contribution is 5.86. The summed E-state index contributed by atoms with van der Waals surface area (Å²) in [5.41, 5.74) is -0.398. The van der Waals surface area contributed by atoms with Crippen molar-refractivity contribution in [1.82, 2.24) is 19.3 Å². The Morgan fingerprint density at radius 2 is 2.11 bits per heavy atom. The van der Waals surface area contributed by atoms with E-state index in [4.69, 9.17) is 4.74 Å². The molecule has 2 aromatic rings. The molecule has 0 fully saturated rings. The van der Waals surface area contributed by atoms with Gasteiger partial charge in [-0.15, -0.1) is 0 Å². The Morgan fingerprint density at radius 1 is 1.37 bits per heavy atom. The van der Waals surface area contributed by atoms with Crippen molar-refractivity contribution in [2.75, 3.05) is 0 Å². The van der Waals surface area contributed by atoms with Crippen molar-refractivity contribution < 1.29 is 9.53 Å². The minimum Gasteiger partial charge on any atom is -0.455 e. The Bertz CT molecular complexity index is 711. The maximum atomic E-state index is 11.7. The molecule has 0 aliphatic heterocycles. The van der Waals surface area contributed by atoms with E-state index in [-0.39, 0.29) is 12.3 Å². The summed E-state index contributed by atoms with van der Waals surface area (Å²) >= 11 is 0. The zero-order chi connectivity index (χ0) is 14.0. The smallest absolute Gasteiger partial charge is 0.356 e. The van der Waals surface area contributed by atoms with Gasteiger partial charge in [-0.2, -0.15) is 5.10 Å². The van der Waals surface area contributed by atoms with Gasteiger partial charge in [-0.05, 0) is 6.07 Å². The van der Waals surface area contributed by atoms with Gasteiger partial charge in [0.15, 0.2) is 0 Å². The second-order valence-corrected chi connectivity index (χ2v) is 3.92. The van der Waals surface area contributed by atoms with Gasteiger partial charge in [-0.3, -0.25) is 19.0 Å². The topological polar surface area (TPSA) is 99.0 Å². The number of aromatic amines is 1. The minimum absolute atomic E-state index is 0.167. The molecule has 0 aliphatic rings. The van der Waals surface area contributed by atoms with Gasteiger partial charge in [0.1, 0.15) is 12.3 Å². The first-order valence-electron chi connectivity index (χ1n) is 5.43. The lowest BCUT2D eigenvalue weighted by Gasteiger charge is -2.09. The molecular formula is C11H12N4O4. The van der Waals surface area contributed by atoms with Crippen molar-refractivity contribution in [2.24, 2.45) is 14.1 Å². The van der Waals surface area contributed by atoms with Crippen LogP contribution in [0.5, 0.6) is 0 Å². The Balaban J connectivity index is 2.19. The number of esters is 1. The second-order valence-electron chi connectivity index (χ2n) is 3.92. The molecule has 0 unspecified atom stereocenters. The van der Waals surface area contributed by atoms with Crippen LogP contribution in [0.3, 0.4) is 0 Å². The molecule has 100 valence electrons. The van der Waals surface area contributed by atoms with E-state index in [1.54, 1.807) is 0 Å². The van der Waals surface area contributed by atoms with Crippen LogP contribution in [0.15, 0.2) is 27.9 Å². The molecule has 8 heteroatoms. The molecule has 1 N–H and O–H groups in total. The number of hydrogen-bond acceptors (Lipinski definition) is 5. The van der Waals surface area contributed by atoms with E-state index < -0.39 is 17.2 Å². The van der Waals surface area contributed by atoms with Crippen molar-refractivity contribution in [3.63, 3.8) is 0 Å². The fraction of sp³-hybridized carbons (Fsp3) is 0.273. The summed E-state index contributed by atoms with van der Waals surface area (Å²) in [5.74, 6) is -0.606. The summed E-state index contributed by atoms with van der Waals surface area (Å²) in [6.45, 7) is -0.167. The average Bonchev–Trinajstić information content (AvgIpc) is 2.92. The number of aromatic nitrogens is 4. The summed E-state index contributed by atoms with van der Waals surface area (Å²) in [6.07, 6.45) is 1.42. The van der Waals surface area contributed by atoms with Crippen LogP contribution in [0, 0.1) is 0 Å². The molecule has 0 saturated heterocycles. The van der Waals surface area contributed by atoms with E-state index in [1.165, 1.54) is 37.0 Å². The van der Waals surface area contributed by atoms with E-state index in [0.717, 1.165) is 4.57 Å². The molecule has 2 rings (SSSR count). The first-order valence-corrected chi connectivity index (χ1v) is 5.43. The lowest BCUT2D eigenvalue weighted by molar-refractivity contribution is 0.0455. The van der Waals surface area contributed by atoms with E-state index >= 15 is 0 Å². The molecular weight excluding hydrogens is 252 g/mol. The van der Waals surface area contributed by atoms with Crippen LogP contribution in [0.2, 0.25) is 0 Å². The Hall–Kier alpha value is -2.64. The largest absolute Gasteiger partial charge is 0.455 e. The van der Waals surface area contributed by atoms with Crippen LogP contribution in [0.4, 0.5) is 0 Å². The summed E-state index contributed by atoms with van der Waals surface area (Å²) in [4.78, 5) is 34.7. The zero-order valence-corrected chi connectivity index (χ0v) is 10.4. The maximum absolute atomic E-state index is 11.7. The third-order valence-electron chi connectivity index (χ3n) is 2.70. The Kier molecular flexibility index (Phi) is 3.32. The average molecular weight is 264 g/mol. The quantitative estimate of drug-likeness (QED) is 0.729. The van der Waals surface area contributed by atoms with Crippen molar-refractivity contribution in [2.45, 2.75) is 6.61 Å². The van der Waals surface area contributed by atoms with E-state index in [2.05, 4.69) is 10.2 Å². The first kappa shape index (κ1) is 12.8. The van der Waals surface area contributed by atoms with Gasteiger partial charge in [0, 0.05) is 26.4 Å².